The van der Waals surface area contributed by atoms with E-state index in [1.54, 1.807) is 7.11 Å². The maximum absolute atomic E-state index is 11.8. The number of carbonyl (C=O) groups is 1. The molecule has 0 heterocycles. The van der Waals surface area contributed by atoms with E-state index in [2.05, 4.69) is 5.32 Å². The predicted molar refractivity (Wildman–Crippen MR) is 86.3 cm³/mol. The highest BCUT2D eigenvalue weighted by Gasteiger charge is 2.05. The lowest BCUT2D eigenvalue weighted by atomic mass is 10.1. The van der Waals surface area contributed by atoms with Crippen LogP contribution in [0.5, 0.6) is 11.5 Å². The number of aryl methyl sites for hydroxylation is 2. The maximum atomic E-state index is 11.8. The molecule has 0 aliphatic carbocycles. The third-order valence-electron chi connectivity index (χ3n) is 3.40. The van der Waals surface area contributed by atoms with Crippen LogP contribution in [-0.4, -0.2) is 19.6 Å². The molecule has 0 saturated heterocycles. The summed E-state index contributed by atoms with van der Waals surface area (Å²) in [7, 11) is 1.65. The Bertz CT molecular complexity index is 653. The van der Waals surface area contributed by atoms with Crippen LogP contribution in [0.2, 0.25) is 0 Å². The van der Waals surface area contributed by atoms with Crippen molar-refractivity contribution < 1.29 is 14.3 Å². The summed E-state index contributed by atoms with van der Waals surface area (Å²) in [4.78, 5) is 11.8. The van der Waals surface area contributed by atoms with E-state index in [1.165, 1.54) is 0 Å². The normalized spacial score (nSPS) is 10.1. The van der Waals surface area contributed by atoms with Gasteiger partial charge in [-0.05, 0) is 42.7 Å². The highest BCUT2D eigenvalue weighted by atomic mass is 16.5. The minimum atomic E-state index is -0.142. The van der Waals surface area contributed by atoms with Gasteiger partial charge in [-0.15, -0.1) is 0 Å². The third-order valence-corrected chi connectivity index (χ3v) is 3.40. The zero-order valence-corrected chi connectivity index (χ0v) is 13.2. The number of para-hydroxylation sites is 1. The summed E-state index contributed by atoms with van der Waals surface area (Å²) in [5.41, 5.74) is 3.09. The van der Waals surface area contributed by atoms with Crippen LogP contribution in [0.3, 0.4) is 0 Å². The van der Waals surface area contributed by atoms with Crippen molar-refractivity contribution in [2.24, 2.45) is 0 Å². The lowest BCUT2D eigenvalue weighted by Crippen LogP contribution is -2.28. The number of amides is 1. The Labute approximate surface area is 131 Å². The Morgan fingerprint density at radius 2 is 1.82 bits per heavy atom. The molecule has 2 rings (SSSR count). The number of ether oxygens (including phenoxy) is 2. The number of carbonyl (C=O) groups excluding carboxylic acids is 1. The number of nitrogens with one attached hydrogen (secondary N) is 1. The molecule has 0 saturated carbocycles. The second-order valence-corrected chi connectivity index (χ2v) is 5.13. The summed E-state index contributed by atoms with van der Waals surface area (Å²) < 4.78 is 10.7. The summed E-state index contributed by atoms with van der Waals surface area (Å²) in [5, 5.41) is 2.85. The minimum Gasteiger partial charge on any atom is -0.496 e. The van der Waals surface area contributed by atoms with Crippen molar-refractivity contribution in [2.45, 2.75) is 20.4 Å². The quantitative estimate of drug-likeness (QED) is 0.892. The van der Waals surface area contributed by atoms with Gasteiger partial charge in [-0.1, -0.05) is 30.3 Å². The second-order valence-electron chi connectivity index (χ2n) is 5.13. The van der Waals surface area contributed by atoms with E-state index < -0.39 is 0 Å². The fraction of sp³-hybridized carbons (Fsp3) is 0.278. The van der Waals surface area contributed by atoms with Crippen LogP contribution in [0.1, 0.15) is 16.7 Å². The zero-order valence-electron chi connectivity index (χ0n) is 13.2. The van der Waals surface area contributed by atoms with E-state index in [4.69, 9.17) is 9.47 Å². The second kappa shape index (κ2) is 7.50. The number of methoxy groups -OCH3 is 1. The molecule has 2 aromatic rings. The first-order valence-electron chi connectivity index (χ1n) is 7.19. The first kappa shape index (κ1) is 15.9. The molecule has 0 aliphatic heterocycles. The molecule has 0 spiro atoms. The van der Waals surface area contributed by atoms with Gasteiger partial charge in [0.2, 0.25) is 0 Å². The first-order valence-corrected chi connectivity index (χ1v) is 7.19. The molecule has 0 unspecified atom stereocenters. The summed E-state index contributed by atoms with van der Waals surface area (Å²) in [6.07, 6.45) is 0. The van der Waals surface area contributed by atoms with Gasteiger partial charge in [0.15, 0.2) is 6.61 Å². The Hall–Kier alpha value is -2.49. The van der Waals surface area contributed by atoms with E-state index in [9.17, 15) is 4.79 Å². The Kier molecular flexibility index (Phi) is 5.42. The van der Waals surface area contributed by atoms with Gasteiger partial charge in [0, 0.05) is 6.54 Å². The van der Waals surface area contributed by atoms with E-state index in [0.29, 0.717) is 6.54 Å². The van der Waals surface area contributed by atoms with Gasteiger partial charge in [-0.3, -0.25) is 4.79 Å². The van der Waals surface area contributed by atoms with Crippen molar-refractivity contribution in [3.63, 3.8) is 0 Å². The highest BCUT2D eigenvalue weighted by molar-refractivity contribution is 5.77. The molecule has 22 heavy (non-hydrogen) atoms. The summed E-state index contributed by atoms with van der Waals surface area (Å²) in [6.45, 7) is 4.42. The predicted octanol–water partition coefficient (Wildman–Crippen LogP) is 3.01. The monoisotopic (exact) mass is 299 g/mol. The zero-order chi connectivity index (χ0) is 15.9. The molecule has 116 valence electrons. The fourth-order valence-corrected chi connectivity index (χ4v) is 2.16. The molecule has 0 aliphatic rings. The average molecular weight is 299 g/mol. The van der Waals surface area contributed by atoms with Crippen molar-refractivity contribution in [2.75, 3.05) is 13.7 Å². The number of benzene rings is 2. The Balaban J connectivity index is 1.83. The molecule has 0 bridgehead atoms. The molecule has 2 aromatic carbocycles. The van der Waals surface area contributed by atoms with Crippen LogP contribution in [0.15, 0.2) is 42.5 Å². The van der Waals surface area contributed by atoms with Crippen LogP contribution in [0, 0.1) is 13.8 Å². The minimum absolute atomic E-state index is 0.0139. The van der Waals surface area contributed by atoms with Crippen LogP contribution >= 0.6 is 0 Å². The highest BCUT2D eigenvalue weighted by Crippen LogP contribution is 2.18. The molecule has 4 nitrogen and oxygen atoms in total. The van der Waals surface area contributed by atoms with Gasteiger partial charge in [-0.25, -0.2) is 0 Å². The van der Waals surface area contributed by atoms with Crippen LogP contribution in [-0.2, 0) is 11.3 Å². The van der Waals surface area contributed by atoms with Gasteiger partial charge < -0.3 is 14.8 Å². The standard InChI is InChI=1S/C18H21NO3/c1-13-6-4-5-7-17(13)22-12-18(20)19-11-15-8-9-16(21-3)14(2)10-15/h4-10H,11-12H2,1-3H3,(H,19,20). The largest absolute Gasteiger partial charge is 0.496 e. The Morgan fingerprint density at radius 3 is 2.50 bits per heavy atom. The maximum Gasteiger partial charge on any atom is 0.258 e. The van der Waals surface area contributed by atoms with Crippen molar-refractivity contribution >= 4 is 5.91 Å². The van der Waals surface area contributed by atoms with Crippen molar-refractivity contribution in [1.29, 1.82) is 0 Å². The smallest absolute Gasteiger partial charge is 0.258 e. The molecular formula is C18H21NO3. The van der Waals surface area contributed by atoms with Gasteiger partial charge in [-0.2, -0.15) is 0 Å². The summed E-state index contributed by atoms with van der Waals surface area (Å²) >= 11 is 0. The molecule has 4 heteroatoms. The van der Waals surface area contributed by atoms with Crippen LogP contribution < -0.4 is 14.8 Å². The number of rotatable bonds is 6. The molecular weight excluding hydrogens is 278 g/mol. The molecule has 0 atom stereocenters. The van der Waals surface area contributed by atoms with E-state index in [1.807, 2.05) is 56.3 Å². The van der Waals surface area contributed by atoms with E-state index in [0.717, 1.165) is 28.2 Å². The van der Waals surface area contributed by atoms with E-state index >= 15 is 0 Å². The van der Waals surface area contributed by atoms with Crippen LogP contribution in [0.25, 0.3) is 0 Å². The number of hydrogen-bond acceptors (Lipinski definition) is 3. The summed E-state index contributed by atoms with van der Waals surface area (Å²) in [5.74, 6) is 1.44. The van der Waals surface area contributed by atoms with Gasteiger partial charge in [0.25, 0.3) is 5.91 Å². The van der Waals surface area contributed by atoms with Crippen LogP contribution in [0.4, 0.5) is 0 Å². The van der Waals surface area contributed by atoms with Gasteiger partial charge >= 0.3 is 0 Å². The molecule has 0 radical (unpaired) electrons. The molecule has 1 N–H and O–H groups in total. The lowest BCUT2D eigenvalue weighted by Gasteiger charge is -2.10. The van der Waals surface area contributed by atoms with Crippen molar-refractivity contribution in [1.82, 2.24) is 5.32 Å². The third kappa shape index (κ3) is 4.25. The first-order chi connectivity index (χ1) is 10.6. The topological polar surface area (TPSA) is 47.6 Å². The SMILES string of the molecule is COc1ccc(CNC(=O)COc2ccccc2C)cc1C. The van der Waals surface area contributed by atoms with Gasteiger partial charge in [0.05, 0.1) is 7.11 Å². The molecule has 0 fully saturated rings. The van der Waals surface area contributed by atoms with Crippen molar-refractivity contribution in [3.05, 3.63) is 59.2 Å². The van der Waals surface area contributed by atoms with Gasteiger partial charge in [0.1, 0.15) is 11.5 Å². The van der Waals surface area contributed by atoms with Crippen molar-refractivity contribution in [3.8, 4) is 11.5 Å². The average Bonchev–Trinajstić information content (AvgIpc) is 2.52. The Morgan fingerprint density at radius 1 is 1.05 bits per heavy atom. The number of hydrogen-bond donors (Lipinski definition) is 1. The summed E-state index contributed by atoms with van der Waals surface area (Å²) in [6, 6.07) is 13.5. The fourth-order valence-electron chi connectivity index (χ4n) is 2.16. The van der Waals surface area contributed by atoms with E-state index in [-0.39, 0.29) is 12.5 Å². The molecule has 0 aromatic heterocycles. The lowest BCUT2D eigenvalue weighted by molar-refractivity contribution is -0.123. The molecule has 1 amide bonds.